The second kappa shape index (κ2) is 8.48. The van der Waals surface area contributed by atoms with Crippen LogP contribution < -0.4 is 11.1 Å². The molecule has 0 aliphatic heterocycles. The van der Waals surface area contributed by atoms with Gasteiger partial charge in [0.2, 0.25) is 5.91 Å². The highest BCUT2D eigenvalue weighted by Crippen LogP contribution is 2.23. The van der Waals surface area contributed by atoms with Gasteiger partial charge in [-0.3, -0.25) is 4.79 Å². The van der Waals surface area contributed by atoms with E-state index in [0.29, 0.717) is 6.54 Å². The van der Waals surface area contributed by atoms with Crippen LogP contribution in [0.2, 0.25) is 0 Å². The molecule has 1 rings (SSSR count). The Morgan fingerprint density at radius 2 is 2.22 bits per heavy atom. The molecule has 4 nitrogen and oxygen atoms in total. The quantitative estimate of drug-likeness (QED) is 0.867. The van der Waals surface area contributed by atoms with E-state index in [0.717, 1.165) is 15.7 Å². The summed E-state index contributed by atoms with van der Waals surface area (Å²) in [6.07, 6.45) is 0.0290. The van der Waals surface area contributed by atoms with Crippen molar-refractivity contribution < 1.29 is 9.53 Å². The number of anilines is 1. The topological polar surface area (TPSA) is 64.3 Å². The Bertz CT molecular complexity index is 398. The van der Waals surface area contributed by atoms with E-state index in [2.05, 4.69) is 21.2 Å². The van der Waals surface area contributed by atoms with Gasteiger partial charge in [0.15, 0.2) is 0 Å². The Morgan fingerprint density at radius 3 is 2.78 bits per heavy atom. The van der Waals surface area contributed by atoms with Crippen molar-refractivity contribution in [3.63, 3.8) is 0 Å². The summed E-state index contributed by atoms with van der Waals surface area (Å²) in [5.74, 6) is -0.0940. The fourth-order valence-electron chi connectivity index (χ4n) is 1.41. The summed E-state index contributed by atoms with van der Waals surface area (Å²) in [6, 6.07) is 5.68. The monoisotopic (exact) mass is 336 g/mol. The molecular weight excluding hydrogens is 320 g/mol. The average Bonchev–Trinajstić information content (AvgIpc) is 2.32. The van der Waals surface area contributed by atoms with E-state index >= 15 is 0 Å². The molecule has 0 fully saturated rings. The van der Waals surface area contributed by atoms with Crippen LogP contribution in [0.5, 0.6) is 0 Å². The third kappa shape index (κ3) is 4.94. The molecular formula is C12H18BrClN2O2. The van der Waals surface area contributed by atoms with Gasteiger partial charge >= 0.3 is 0 Å². The van der Waals surface area contributed by atoms with E-state index in [1.165, 1.54) is 0 Å². The summed E-state index contributed by atoms with van der Waals surface area (Å²) >= 11 is 3.42. The van der Waals surface area contributed by atoms with Crippen molar-refractivity contribution in [1.29, 1.82) is 0 Å². The van der Waals surface area contributed by atoms with E-state index in [1.54, 1.807) is 7.11 Å². The standard InChI is InChI=1S/C12H17BrN2O2.ClH/c1-8-10(13)4-3-5-11(8)15-12(16)6-9(7-14)17-2;/h3-5,9H,6-7,14H2,1-2H3,(H,15,16);1H. The van der Waals surface area contributed by atoms with Crippen molar-refractivity contribution in [3.05, 3.63) is 28.2 Å². The molecule has 1 aromatic rings. The Morgan fingerprint density at radius 1 is 1.56 bits per heavy atom. The third-order valence-corrected chi connectivity index (χ3v) is 3.41. The highest BCUT2D eigenvalue weighted by Gasteiger charge is 2.12. The van der Waals surface area contributed by atoms with Crippen LogP contribution in [0.25, 0.3) is 0 Å². The minimum absolute atomic E-state index is 0. The Labute approximate surface area is 122 Å². The van der Waals surface area contributed by atoms with Crippen molar-refractivity contribution in [1.82, 2.24) is 0 Å². The zero-order valence-electron chi connectivity index (χ0n) is 10.4. The van der Waals surface area contributed by atoms with Gasteiger partial charge in [0.05, 0.1) is 12.5 Å². The molecule has 0 heterocycles. The molecule has 6 heteroatoms. The van der Waals surface area contributed by atoms with Gasteiger partial charge in [-0.15, -0.1) is 12.4 Å². The first-order chi connectivity index (χ1) is 8.08. The van der Waals surface area contributed by atoms with Crippen LogP contribution in [0, 0.1) is 6.92 Å². The molecule has 0 radical (unpaired) electrons. The van der Waals surface area contributed by atoms with Crippen molar-refractivity contribution in [2.45, 2.75) is 19.4 Å². The highest BCUT2D eigenvalue weighted by molar-refractivity contribution is 9.10. The third-order valence-electron chi connectivity index (χ3n) is 2.55. The maximum atomic E-state index is 11.7. The lowest BCUT2D eigenvalue weighted by Crippen LogP contribution is -2.28. The largest absolute Gasteiger partial charge is 0.380 e. The van der Waals surface area contributed by atoms with Gasteiger partial charge in [-0.05, 0) is 24.6 Å². The van der Waals surface area contributed by atoms with Crippen molar-refractivity contribution in [2.75, 3.05) is 19.0 Å². The normalized spacial score (nSPS) is 11.6. The van der Waals surface area contributed by atoms with Crippen LogP contribution in [0.3, 0.4) is 0 Å². The number of methoxy groups -OCH3 is 1. The number of benzene rings is 1. The first-order valence-electron chi connectivity index (χ1n) is 5.36. The van der Waals surface area contributed by atoms with Gasteiger partial charge in [0, 0.05) is 23.8 Å². The number of carbonyl (C=O) groups is 1. The van der Waals surface area contributed by atoms with Gasteiger partial charge in [0.25, 0.3) is 0 Å². The van der Waals surface area contributed by atoms with Crippen molar-refractivity contribution in [3.8, 4) is 0 Å². The van der Waals surface area contributed by atoms with E-state index in [9.17, 15) is 4.79 Å². The molecule has 102 valence electrons. The highest BCUT2D eigenvalue weighted by atomic mass is 79.9. The van der Waals surface area contributed by atoms with Gasteiger partial charge < -0.3 is 15.8 Å². The minimum Gasteiger partial charge on any atom is -0.380 e. The number of rotatable bonds is 5. The maximum Gasteiger partial charge on any atom is 0.227 e. The zero-order valence-corrected chi connectivity index (χ0v) is 12.8. The molecule has 0 bridgehead atoms. The molecule has 0 saturated heterocycles. The average molecular weight is 338 g/mol. The van der Waals surface area contributed by atoms with Crippen LogP contribution in [0.4, 0.5) is 5.69 Å². The lowest BCUT2D eigenvalue weighted by molar-refractivity contribution is -0.118. The van der Waals surface area contributed by atoms with Gasteiger partial charge in [-0.1, -0.05) is 22.0 Å². The molecule has 1 amide bonds. The van der Waals surface area contributed by atoms with E-state index < -0.39 is 0 Å². The molecule has 0 spiro atoms. The predicted octanol–water partition coefficient (Wildman–Crippen LogP) is 2.48. The minimum atomic E-state index is -0.234. The van der Waals surface area contributed by atoms with Crippen LogP contribution >= 0.6 is 28.3 Å². The van der Waals surface area contributed by atoms with Gasteiger partial charge in [0.1, 0.15) is 0 Å². The lowest BCUT2D eigenvalue weighted by Gasteiger charge is -2.14. The number of ether oxygens (including phenoxy) is 1. The van der Waals surface area contributed by atoms with Crippen LogP contribution in [0.1, 0.15) is 12.0 Å². The zero-order chi connectivity index (χ0) is 12.8. The fraction of sp³-hybridized carbons (Fsp3) is 0.417. The summed E-state index contributed by atoms with van der Waals surface area (Å²) in [6.45, 7) is 2.28. The summed E-state index contributed by atoms with van der Waals surface area (Å²) < 4.78 is 6.04. The van der Waals surface area contributed by atoms with Crippen molar-refractivity contribution in [2.24, 2.45) is 5.73 Å². The van der Waals surface area contributed by atoms with E-state index in [-0.39, 0.29) is 30.8 Å². The molecule has 3 N–H and O–H groups in total. The molecule has 0 aliphatic carbocycles. The smallest absolute Gasteiger partial charge is 0.227 e. The van der Waals surface area contributed by atoms with Crippen molar-refractivity contribution >= 4 is 39.9 Å². The summed E-state index contributed by atoms with van der Waals surface area (Å²) in [5.41, 5.74) is 7.27. The van der Waals surface area contributed by atoms with Crippen LogP contribution in [-0.2, 0) is 9.53 Å². The van der Waals surface area contributed by atoms with Gasteiger partial charge in [-0.2, -0.15) is 0 Å². The first kappa shape index (κ1) is 17.4. The molecule has 1 atom stereocenters. The van der Waals surface area contributed by atoms with Crippen LogP contribution in [-0.4, -0.2) is 25.7 Å². The van der Waals surface area contributed by atoms with Gasteiger partial charge in [-0.25, -0.2) is 0 Å². The van der Waals surface area contributed by atoms with E-state index in [1.807, 2.05) is 25.1 Å². The Hall–Kier alpha value is -0.620. The molecule has 1 aromatic carbocycles. The molecule has 1 unspecified atom stereocenters. The molecule has 0 saturated carbocycles. The van der Waals surface area contributed by atoms with Crippen LogP contribution in [0.15, 0.2) is 22.7 Å². The molecule has 18 heavy (non-hydrogen) atoms. The summed E-state index contributed by atoms with van der Waals surface area (Å²) in [7, 11) is 1.55. The Balaban J connectivity index is 0.00000289. The second-order valence-electron chi connectivity index (χ2n) is 3.76. The molecule has 0 aromatic heterocycles. The number of hydrogen-bond donors (Lipinski definition) is 2. The number of halogens is 2. The first-order valence-corrected chi connectivity index (χ1v) is 6.15. The SMILES string of the molecule is COC(CN)CC(=O)Nc1cccc(Br)c1C.Cl. The summed E-state index contributed by atoms with van der Waals surface area (Å²) in [4.78, 5) is 11.7. The number of amides is 1. The number of nitrogens with one attached hydrogen (secondary N) is 1. The Kier molecular flexibility index (Phi) is 8.18. The summed E-state index contributed by atoms with van der Waals surface area (Å²) in [5, 5.41) is 2.85. The fourth-order valence-corrected chi connectivity index (χ4v) is 1.78. The number of hydrogen-bond acceptors (Lipinski definition) is 3. The number of nitrogens with two attached hydrogens (primary N) is 1. The lowest BCUT2D eigenvalue weighted by atomic mass is 10.2. The maximum absolute atomic E-state index is 11.7. The molecule has 0 aliphatic rings. The van der Waals surface area contributed by atoms with E-state index in [4.69, 9.17) is 10.5 Å². The predicted molar refractivity (Wildman–Crippen MR) is 79.2 cm³/mol. The second-order valence-corrected chi connectivity index (χ2v) is 4.61. The number of carbonyl (C=O) groups excluding carboxylic acids is 1.